The summed E-state index contributed by atoms with van der Waals surface area (Å²) in [4.78, 5) is 10.4. The monoisotopic (exact) mass is 240 g/mol. The van der Waals surface area contributed by atoms with Crippen molar-refractivity contribution in [1.29, 1.82) is 0 Å². The number of carbonyl (C=O) groups excluding carboxylic acids is 1. The lowest BCUT2D eigenvalue weighted by atomic mass is 9.96. The topological polar surface area (TPSA) is 17.1 Å². The summed E-state index contributed by atoms with van der Waals surface area (Å²) >= 11 is 3.40. The summed E-state index contributed by atoms with van der Waals surface area (Å²) in [5.41, 5.74) is 2.38. The van der Waals surface area contributed by atoms with E-state index < -0.39 is 0 Å². The van der Waals surface area contributed by atoms with Crippen molar-refractivity contribution in [2.24, 2.45) is 0 Å². The van der Waals surface area contributed by atoms with Crippen molar-refractivity contribution in [2.75, 3.05) is 0 Å². The van der Waals surface area contributed by atoms with Gasteiger partial charge >= 0.3 is 0 Å². The van der Waals surface area contributed by atoms with Gasteiger partial charge in [-0.15, -0.1) is 0 Å². The maximum Gasteiger partial charge on any atom is 0.124 e. The quantitative estimate of drug-likeness (QED) is 0.742. The van der Waals surface area contributed by atoms with Crippen LogP contribution in [0.25, 0.3) is 0 Å². The molecular weight excluding hydrogens is 228 g/mol. The van der Waals surface area contributed by atoms with Crippen molar-refractivity contribution in [1.82, 2.24) is 0 Å². The lowest BCUT2D eigenvalue weighted by molar-refractivity contribution is -0.107. The molecule has 1 nitrogen and oxygen atoms in total. The number of hydrogen-bond donors (Lipinski definition) is 0. The molecule has 0 aliphatic carbocycles. The SMILES string of the molecule is CC(C)c1ccc(Br)cc1CC=O. The van der Waals surface area contributed by atoms with E-state index >= 15 is 0 Å². The smallest absolute Gasteiger partial charge is 0.124 e. The molecule has 0 saturated carbocycles. The summed E-state index contributed by atoms with van der Waals surface area (Å²) in [5, 5.41) is 0. The molecule has 0 atom stereocenters. The van der Waals surface area contributed by atoms with E-state index in [9.17, 15) is 4.79 Å². The van der Waals surface area contributed by atoms with E-state index in [1.165, 1.54) is 5.56 Å². The van der Waals surface area contributed by atoms with Crippen LogP contribution in [0.4, 0.5) is 0 Å². The Bertz CT molecular complexity index is 305. The highest BCUT2D eigenvalue weighted by molar-refractivity contribution is 9.10. The largest absolute Gasteiger partial charge is 0.303 e. The third-order valence-electron chi connectivity index (χ3n) is 2.03. The van der Waals surface area contributed by atoms with Gasteiger partial charge in [0.1, 0.15) is 6.29 Å². The fourth-order valence-electron chi connectivity index (χ4n) is 1.40. The summed E-state index contributed by atoms with van der Waals surface area (Å²) in [6, 6.07) is 6.11. The summed E-state index contributed by atoms with van der Waals surface area (Å²) in [6.07, 6.45) is 1.46. The molecule has 0 aliphatic rings. The van der Waals surface area contributed by atoms with Crippen LogP contribution in [0.2, 0.25) is 0 Å². The minimum atomic E-state index is 0.475. The number of carbonyl (C=O) groups is 1. The lowest BCUT2D eigenvalue weighted by Gasteiger charge is -2.10. The van der Waals surface area contributed by atoms with Gasteiger partial charge in [0.05, 0.1) is 0 Å². The molecule has 0 heterocycles. The van der Waals surface area contributed by atoms with E-state index in [1.54, 1.807) is 0 Å². The zero-order chi connectivity index (χ0) is 9.84. The Hall–Kier alpha value is -0.630. The first-order valence-corrected chi connectivity index (χ1v) is 5.16. The molecule has 70 valence electrons. The van der Waals surface area contributed by atoms with Crippen molar-refractivity contribution in [3.05, 3.63) is 33.8 Å². The van der Waals surface area contributed by atoms with Gasteiger partial charge in [0, 0.05) is 10.9 Å². The second-order valence-electron chi connectivity index (χ2n) is 3.37. The fraction of sp³-hybridized carbons (Fsp3) is 0.364. The summed E-state index contributed by atoms with van der Waals surface area (Å²) in [5.74, 6) is 0.475. The summed E-state index contributed by atoms with van der Waals surface area (Å²) in [6.45, 7) is 4.27. The summed E-state index contributed by atoms with van der Waals surface area (Å²) in [7, 11) is 0. The minimum absolute atomic E-state index is 0.475. The highest BCUT2D eigenvalue weighted by Gasteiger charge is 2.05. The van der Waals surface area contributed by atoms with E-state index in [2.05, 4.69) is 35.8 Å². The standard InChI is InChI=1S/C11H13BrO/c1-8(2)11-4-3-10(12)7-9(11)5-6-13/h3-4,6-8H,5H2,1-2H3. The first-order chi connectivity index (χ1) is 6.15. The predicted octanol–water partition coefficient (Wildman–Crippen LogP) is 3.31. The van der Waals surface area contributed by atoms with Crippen LogP contribution < -0.4 is 0 Å². The van der Waals surface area contributed by atoms with E-state index in [4.69, 9.17) is 0 Å². The van der Waals surface area contributed by atoms with Gasteiger partial charge in [0.2, 0.25) is 0 Å². The molecule has 1 aromatic carbocycles. The Labute approximate surface area is 87.3 Å². The maximum absolute atomic E-state index is 10.4. The van der Waals surface area contributed by atoms with E-state index in [1.807, 2.05) is 12.1 Å². The van der Waals surface area contributed by atoms with E-state index in [0.29, 0.717) is 12.3 Å². The van der Waals surface area contributed by atoms with Crippen molar-refractivity contribution < 1.29 is 4.79 Å². The lowest BCUT2D eigenvalue weighted by Crippen LogP contribution is -1.97. The average molecular weight is 241 g/mol. The van der Waals surface area contributed by atoms with Crippen LogP contribution in [0.15, 0.2) is 22.7 Å². The third-order valence-corrected chi connectivity index (χ3v) is 2.52. The van der Waals surface area contributed by atoms with Crippen LogP contribution in [-0.2, 0) is 11.2 Å². The maximum atomic E-state index is 10.4. The van der Waals surface area contributed by atoms with Crippen LogP contribution in [0, 0.1) is 0 Å². The van der Waals surface area contributed by atoms with Gasteiger partial charge in [-0.05, 0) is 29.2 Å². The molecule has 0 amide bonds. The molecule has 0 radical (unpaired) electrons. The number of rotatable bonds is 3. The van der Waals surface area contributed by atoms with Crippen LogP contribution >= 0.6 is 15.9 Å². The van der Waals surface area contributed by atoms with E-state index in [0.717, 1.165) is 16.3 Å². The average Bonchev–Trinajstić information content (AvgIpc) is 2.04. The molecule has 2 heteroatoms. The summed E-state index contributed by atoms with van der Waals surface area (Å²) < 4.78 is 1.04. The molecule has 0 bridgehead atoms. The van der Waals surface area contributed by atoms with Crippen LogP contribution in [0.1, 0.15) is 30.9 Å². The molecule has 0 N–H and O–H groups in total. The van der Waals surface area contributed by atoms with Gasteiger partial charge in [-0.3, -0.25) is 0 Å². The van der Waals surface area contributed by atoms with Gasteiger partial charge < -0.3 is 4.79 Å². The van der Waals surface area contributed by atoms with Crippen LogP contribution in [-0.4, -0.2) is 6.29 Å². The first-order valence-electron chi connectivity index (χ1n) is 4.37. The Balaban J connectivity index is 3.10. The second-order valence-corrected chi connectivity index (χ2v) is 4.28. The van der Waals surface area contributed by atoms with Crippen LogP contribution in [0.3, 0.4) is 0 Å². The molecular formula is C11H13BrO. The fourth-order valence-corrected chi connectivity index (χ4v) is 1.81. The zero-order valence-electron chi connectivity index (χ0n) is 7.88. The third kappa shape index (κ3) is 2.66. The Morgan fingerprint density at radius 2 is 2.15 bits per heavy atom. The number of aldehydes is 1. The Morgan fingerprint density at radius 1 is 1.46 bits per heavy atom. The van der Waals surface area contributed by atoms with Crippen molar-refractivity contribution >= 4 is 22.2 Å². The second kappa shape index (κ2) is 4.56. The van der Waals surface area contributed by atoms with Crippen molar-refractivity contribution in [2.45, 2.75) is 26.2 Å². The molecule has 0 fully saturated rings. The number of halogens is 1. The molecule has 0 saturated heterocycles. The molecule has 1 aromatic rings. The molecule has 0 spiro atoms. The molecule has 1 rings (SSSR count). The molecule has 0 unspecified atom stereocenters. The van der Waals surface area contributed by atoms with Gasteiger partial charge in [0.25, 0.3) is 0 Å². The van der Waals surface area contributed by atoms with Gasteiger partial charge in [-0.1, -0.05) is 35.8 Å². The first kappa shape index (κ1) is 10.5. The molecule has 0 aliphatic heterocycles. The van der Waals surface area contributed by atoms with Crippen molar-refractivity contribution in [3.63, 3.8) is 0 Å². The highest BCUT2D eigenvalue weighted by atomic mass is 79.9. The zero-order valence-corrected chi connectivity index (χ0v) is 9.47. The van der Waals surface area contributed by atoms with E-state index in [-0.39, 0.29) is 0 Å². The molecule has 13 heavy (non-hydrogen) atoms. The van der Waals surface area contributed by atoms with Gasteiger partial charge in [0.15, 0.2) is 0 Å². The Morgan fingerprint density at radius 3 is 2.69 bits per heavy atom. The Kier molecular flexibility index (Phi) is 3.67. The predicted molar refractivity (Wildman–Crippen MR) is 58.0 cm³/mol. The van der Waals surface area contributed by atoms with Crippen LogP contribution in [0.5, 0.6) is 0 Å². The number of hydrogen-bond acceptors (Lipinski definition) is 1. The highest BCUT2D eigenvalue weighted by Crippen LogP contribution is 2.23. The van der Waals surface area contributed by atoms with Gasteiger partial charge in [-0.2, -0.15) is 0 Å². The van der Waals surface area contributed by atoms with Gasteiger partial charge in [-0.25, -0.2) is 0 Å². The minimum Gasteiger partial charge on any atom is -0.303 e. The van der Waals surface area contributed by atoms with Crippen molar-refractivity contribution in [3.8, 4) is 0 Å². The number of benzene rings is 1. The molecule has 0 aromatic heterocycles. The normalized spacial score (nSPS) is 10.5.